The van der Waals surface area contributed by atoms with E-state index in [0.717, 1.165) is 23.5 Å². The number of methoxy groups -OCH3 is 4. The van der Waals surface area contributed by atoms with E-state index in [0.29, 0.717) is 45.9 Å². The Balaban J connectivity index is 0.000000222. The fraction of sp³-hybridized carbons (Fsp3) is 0.195. The van der Waals surface area contributed by atoms with Gasteiger partial charge >= 0.3 is 0 Å². The molecule has 7 rings (SSSR count). The van der Waals surface area contributed by atoms with Gasteiger partial charge in [0.15, 0.2) is 62.3 Å². The fourth-order valence-corrected chi connectivity index (χ4v) is 7.02. The first-order chi connectivity index (χ1) is 32.2. The van der Waals surface area contributed by atoms with Gasteiger partial charge < -0.3 is 65.7 Å². The Labute approximate surface area is 387 Å². The highest BCUT2D eigenvalue weighted by Gasteiger charge is 2.20. The van der Waals surface area contributed by atoms with Crippen LogP contribution in [0.3, 0.4) is 0 Å². The minimum Gasteiger partial charge on any atom is -0.493 e. The van der Waals surface area contributed by atoms with Gasteiger partial charge in [0.2, 0.25) is 18.6 Å². The van der Waals surface area contributed by atoms with Crippen LogP contribution in [0.1, 0.15) is 26.5 Å². The summed E-state index contributed by atoms with van der Waals surface area (Å²) in [4.78, 5) is 87.5. The van der Waals surface area contributed by atoms with Crippen molar-refractivity contribution in [3.63, 3.8) is 0 Å². The number of ether oxygens (including phenoxy) is 6. The number of aromatic amines is 2. The lowest BCUT2D eigenvalue weighted by molar-refractivity contribution is -0.114. The summed E-state index contributed by atoms with van der Waals surface area (Å²) >= 11 is 1.93. The lowest BCUT2D eigenvalue weighted by Crippen LogP contribution is -2.23. The number of aryl methyl sites for hydroxylation is 1. The summed E-state index contributed by atoms with van der Waals surface area (Å²) in [7, 11) is 5.83. The number of nitrogen functional groups attached to an aromatic ring is 2. The molecule has 350 valence electrons. The molecule has 0 radical (unpaired) electrons. The number of nitrogens with one attached hydrogen (secondary N) is 6. The largest absolute Gasteiger partial charge is 0.493 e. The lowest BCUT2D eigenvalue weighted by atomic mass is 10.2. The Bertz CT molecular complexity index is 2940. The molecule has 4 amide bonds. The van der Waals surface area contributed by atoms with E-state index in [4.69, 9.17) is 44.4 Å². The predicted octanol–water partition coefficient (Wildman–Crippen LogP) is 3.73. The highest BCUT2D eigenvalue weighted by atomic mass is 32.2. The maximum atomic E-state index is 12.6. The monoisotopic (exact) mass is 959 g/mol. The van der Waals surface area contributed by atoms with Crippen LogP contribution in [0, 0.1) is 6.92 Å². The normalized spacial score (nSPS) is 11.1. The second-order valence-electron chi connectivity index (χ2n) is 13.4. The zero-order valence-corrected chi connectivity index (χ0v) is 37.6. The summed E-state index contributed by atoms with van der Waals surface area (Å²) in [6.07, 6.45) is 0. The second kappa shape index (κ2) is 22.0. The first kappa shape index (κ1) is 48.1. The molecule has 3 aromatic heterocycles. The van der Waals surface area contributed by atoms with Crippen LogP contribution < -0.4 is 72.3 Å². The van der Waals surface area contributed by atoms with E-state index in [9.17, 15) is 28.8 Å². The van der Waals surface area contributed by atoms with Gasteiger partial charge in [0.1, 0.15) is 17.1 Å². The highest BCUT2D eigenvalue weighted by molar-refractivity contribution is 8.00. The van der Waals surface area contributed by atoms with Crippen molar-refractivity contribution >= 4 is 81.7 Å². The van der Waals surface area contributed by atoms with Gasteiger partial charge in [-0.2, -0.15) is 0 Å². The van der Waals surface area contributed by atoms with Crippen LogP contribution in [-0.4, -0.2) is 95.5 Å². The number of hydrogen-bond donors (Lipinski definition) is 8. The van der Waals surface area contributed by atoms with Crippen LogP contribution in [0.15, 0.2) is 85.1 Å². The molecule has 0 spiro atoms. The first-order valence-electron chi connectivity index (χ1n) is 19.2. The summed E-state index contributed by atoms with van der Waals surface area (Å²) in [5.74, 6) is 1.19. The number of carbonyl (C=O) groups excluding carboxylic acids is 4. The smallest absolute Gasteiger partial charge is 0.277 e. The molecule has 1 aliphatic heterocycles. The van der Waals surface area contributed by atoms with E-state index >= 15 is 0 Å². The van der Waals surface area contributed by atoms with Crippen molar-refractivity contribution in [1.29, 1.82) is 0 Å². The quantitative estimate of drug-likeness (QED) is 0.0506. The molecule has 0 saturated heterocycles. The van der Waals surface area contributed by atoms with Crippen molar-refractivity contribution in [3.05, 3.63) is 98.3 Å². The van der Waals surface area contributed by atoms with Crippen molar-refractivity contribution in [3.8, 4) is 34.5 Å². The van der Waals surface area contributed by atoms with Crippen molar-refractivity contribution in [2.24, 2.45) is 0 Å². The molecule has 6 aromatic rings. The van der Waals surface area contributed by atoms with Crippen LogP contribution in [0.2, 0.25) is 0 Å². The molecule has 0 aliphatic carbocycles. The van der Waals surface area contributed by atoms with E-state index in [1.807, 2.05) is 0 Å². The van der Waals surface area contributed by atoms with Gasteiger partial charge in [-0.05, 0) is 55.5 Å². The number of benzene rings is 3. The Morgan fingerprint density at radius 2 is 1.13 bits per heavy atom. The van der Waals surface area contributed by atoms with Crippen molar-refractivity contribution in [2.75, 3.05) is 79.5 Å². The van der Waals surface area contributed by atoms with Crippen LogP contribution in [0.4, 0.5) is 34.5 Å². The molecular weight excluding hydrogens is 919 g/mol. The van der Waals surface area contributed by atoms with Gasteiger partial charge in [-0.1, -0.05) is 28.7 Å². The third-order valence-electron chi connectivity index (χ3n) is 8.85. The molecule has 24 nitrogen and oxygen atoms in total. The maximum Gasteiger partial charge on any atom is 0.277 e. The SMILES string of the molecule is COc1ccc(C(=O)Nc2c(N)nc(SCC(=O)Nc3cc(C)on3)[nH]c2=O)cc1OC.COc1ccc(C(=O)Nc2c(N)nc(SCC(=O)Nc3ccc4c(c3)OCO4)[nH]c2=O)cc1OC. The van der Waals surface area contributed by atoms with Crippen LogP contribution in [0.5, 0.6) is 34.5 Å². The van der Waals surface area contributed by atoms with E-state index in [1.54, 1.807) is 43.3 Å². The van der Waals surface area contributed by atoms with E-state index in [1.165, 1.54) is 52.7 Å². The molecule has 0 atom stereocenters. The summed E-state index contributed by atoms with van der Waals surface area (Å²) in [6, 6.07) is 15.7. The van der Waals surface area contributed by atoms with Gasteiger partial charge in [0.25, 0.3) is 22.9 Å². The maximum absolute atomic E-state index is 12.6. The summed E-state index contributed by atoms with van der Waals surface area (Å²) < 4.78 is 36.0. The third kappa shape index (κ3) is 12.5. The number of nitrogens with two attached hydrogens (primary N) is 2. The number of nitrogens with zero attached hydrogens (tertiary/aromatic N) is 3. The van der Waals surface area contributed by atoms with Gasteiger partial charge in [0, 0.05) is 28.9 Å². The molecule has 0 saturated carbocycles. The standard InChI is InChI=1S/C22H21N5O7S.C19H20N6O6S/c1-31-13-5-3-11(7-15(13)32-2)20(29)25-18-19(23)26-22(27-21(18)30)35-9-17(28)24-12-4-6-14-16(8-12)34-10-33-14;1-9-6-13(25-31-9)21-14(26)8-32-19-23-16(20)15(18(28)24-19)22-17(27)10-4-5-11(29-2)12(7-10)30-3/h3-8H,9-10H2,1-2H3,(H,24,28)(H,25,29)(H3,23,26,27,30);4-7H,8H2,1-3H3,(H,22,27)(H,21,25,26)(H3,20,23,24,28). The number of hydrogen-bond acceptors (Lipinski definition) is 20. The number of anilines is 6. The van der Waals surface area contributed by atoms with Gasteiger partial charge in [-0.15, -0.1) is 0 Å². The summed E-state index contributed by atoms with van der Waals surface area (Å²) in [5, 5.41) is 14.0. The number of carbonyl (C=O) groups is 4. The Morgan fingerprint density at radius 3 is 1.60 bits per heavy atom. The minimum atomic E-state index is -0.665. The number of H-pyrrole nitrogens is 2. The lowest BCUT2D eigenvalue weighted by Gasteiger charge is -2.11. The topological polar surface area (TPSA) is 341 Å². The molecule has 0 bridgehead atoms. The fourth-order valence-electron chi connectivity index (χ4n) is 5.69. The molecule has 1 aliphatic rings. The predicted molar refractivity (Wildman–Crippen MR) is 246 cm³/mol. The number of amides is 4. The highest BCUT2D eigenvalue weighted by Crippen LogP contribution is 2.34. The zero-order valence-electron chi connectivity index (χ0n) is 36.0. The molecule has 0 fully saturated rings. The van der Waals surface area contributed by atoms with Crippen LogP contribution in [0.25, 0.3) is 0 Å². The van der Waals surface area contributed by atoms with Gasteiger partial charge in [0.05, 0.1) is 39.9 Å². The van der Waals surface area contributed by atoms with Crippen molar-refractivity contribution < 1.29 is 52.1 Å². The molecule has 26 heteroatoms. The average molecular weight is 960 g/mol. The second-order valence-corrected chi connectivity index (χ2v) is 15.3. The molecular formula is C41H41N11O13S2. The van der Waals surface area contributed by atoms with Crippen molar-refractivity contribution in [2.45, 2.75) is 17.2 Å². The Kier molecular flexibility index (Phi) is 15.8. The number of rotatable bonds is 16. The Morgan fingerprint density at radius 1 is 0.642 bits per heavy atom. The molecule has 3 aromatic carbocycles. The molecule has 10 N–H and O–H groups in total. The zero-order chi connectivity index (χ0) is 48.2. The van der Waals surface area contributed by atoms with E-state index in [2.05, 4.69) is 46.4 Å². The van der Waals surface area contributed by atoms with Crippen molar-refractivity contribution in [1.82, 2.24) is 25.1 Å². The van der Waals surface area contributed by atoms with Gasteiger partial charge in [-0.3, -0.25) is 38.7 Å². The molecule has 67 heavy (non-hydrogen) atoms. The summed E-state index contributed by atoms with van der Waals surface area (Å²) in [6.45, 7) is 1.83. The van der Waals surface area contributed by atoms with Gasteiger partial charge in [-0.25, -0.2) is 9.97 Å². The van der Waals surface area contributed by atoms with Crippen LogP contribution in [-0.2, 0) is 9.59 Å². The van der Waals surface area contributed by atoms with E-state index < -0.39 is 22.9 Å². The molecule has 0 unspecified atom stereocenters. The van der Waals surface area contributed by atoms with Crippen LogP contribution >= 0.6 is 23.5 Å². The number of thioether (sulfide) groups is 2. The van der Waals surface area contributed by atoms with E-state index in [-0.39, 0.29) is 80.4 Å². The number of fused-ring (bicyclic) bond motifs is 1. The first-order valence-corrected chi connectivity index (χ1v) is 21.2. The number of aromatic nitrogens is 5. The Hall–Kier alpha value is -8.39. The summed E-state index contributed by atoms with van der Waals surface area (Å²) in [5.41, 5.74) is 11.0. The third-order valence-corrected chi connectivity index (χ3v) is 10.6. The average Bonchev–Trinajstić information content (AvgIpc) is 3.97. The minimum absolute atomic E-state index is 0.0474. The molecule has 4 heterocycles.